The van der Waals surface area contributed by atoms with Gasteiger partial charge in [0.05, 0.1) is 0 Å². The second-order valence-corrected chi connectivity index (χ2v) is 5.41. The summed E-state index contributed by atoms with van der Waals surface area (Å²) >= 11 is 0. The van der Waals surface area contributed by atoms with E-state index in [9.17, 15) is 0 Å². The predicted octanol–water partition coefficient (Wildman–Crippen LogP) is 3.75. The fraction of sp³-hybridized carbons (Fsp3) is 0.0526. The van der Waals surface area contributed by atoms with Gasteiger partial charge < -0.3 is 5.73 Å². The molecule has 0 aliphatic carbocycles. The number of hydrogen-bond acceptors (Lipinski definition) is 3. The lowest BCUT2D eigenvalue weighted by Gasteiger charge is -2.15. The molecule has 0 fully saturated rings. The molecule has 0 bridgehead atoms. The van der Waals surface area contributed by atoms with Crippen LogP contribution in [0.25, 0.3) is 33.3 Å². The topological polar surface area (TPSA) is 67.6 Å². The second kappa shape index (κ2) is 5.66. The van der Waals surface area contributed by atoms with Crippen LogP contribution in [0, 0.1) is 0 Å². The Kier molecular flexibility index (Phi) is 3.37. The average Bonchev–Trinajstić information content (AvgIpc) is 3.10. The summed E-state index contributed by atoms with van der Waals surface area (Å²) in [7, 11) is 0. The van der Waals surface area contributed by atoms with Gasteiger partial charge in [0.15, 0.2) is 0 Å². The van der Waals surface area contributed by atoms with Crippen molar-refractivity contribution in [3.05, 3.63) is 72.3 Å². The lowest BCUT2D eigenvalue weighted by atomic mass is 9.89. The van der Waals surface area contributed by atoms with Crippen molar-refractivity contribution in [3.8, 4) is 22.3 Å². The quantitative estimate of drug-likeness (QED) is 0.605. The highest BCUT2D eigenvalue weighted by atomic mass is 15.3. The third-order valence-electron chi connectivity index (χ3n) is 4.06. The molecule has 0 aliphatic rings. The minimum atomic E-state index is 0.411. The molecule has 23 heavy (non-hydrogen) atoms. The van der Waals surface area contributed by atoms with Crippen molar-refractivity contribution in [1.82, 2.24) is 15.4 Å². The Balaban J connectivity index is 2.12. The fourth-order valence-corrected chi connectivity index (χ4v) is 3.03. The van der Waals surface area contributed by atoms with Gasteiger partial charge in [-0.05, 0) is 28.3 Å². The molecule has 3 aromatic carbocycles. The number of nitrogens with two attached hydrogens (primary N) is 1. The lowest BCUT2D eigenvalue weighted by Crippen LogP contribution is -2.02. The number of rotatable bonds is 3. The van der Waals surface area contributed by atoms with Gasteiger partial charge >= 0.3 is 0 Å². The van der Waals surface area contributed by atoms with Gasteiger partial charge in [-0.3, -0.25) is 0 Å². The number of nitrogens with one attached hydrogen (secondary N) is 1. The van der Waals surface area contributed by atoms with Gasteiger partial charge in [-0.1, -0.05) is 60.7 Å². The highest BCUT2D eigenvalue weighted by Crippen LogP contribution is 2.38. The third-order valence-corrected chi connectivity index (χ3v) is 4.06. The molecular formula is C19H16N4. The first-order valence-electron chi connectivity index (χ1n) is 7.55. The summed E-state index contributed by atoms with van der Waals surface area (Å²) in [6, 6.07) is 22.7. The Morgan fingerprint density at radius 3 is 2.13 bits per heavy atom. The van der Waals surface area contributed by atoms with Crippen molar-refractivity contribution in [2.45, 2.75) is 6.54 Å². The maximum absolute atomic E-state index is 6.08. The number of nitrogens with zero attached hydrogens (tertiary/aromatic N) is 2. The first-order valence-corrected chi connectivity index (χ1v) is 7.55. The van der Waals surface area contributed by atoms with Gasteiger partial charge in [0.1, 0.15) is 11.0 Å². The zero-order valence-electron chi connectivity index (χ0n) is 12.5. The zero-order chi connectivity index (χ0) is 15.6. The lowest BCUT2D eigenvalue weighted by molar-refractivity contribution is 0.955. The number of H-pyrrole nitrogens is 1. The van der Waals surface area contributed by atoms with Crippen LogP contribution in [0.5, 0.6) is 0 Å². The molecule has 3 N–H and O–H groups in total. The molecule has 4 nitrogen and oxygen atoms in total. The molecule has 0 unspecified atom stereocenters. The number of fused-ring (bicyclic) bond motifs is 1. The minimum Gasteiger partial charge on any atom is -0.326 e. The van der Waals surface area contributed by atoms with Crippen molar-refractivity contribution in [1.29, 1.82) is 0 Å². The van der Waals surface area contributed by atoms with Crippen molar-refractivity contribution >= 4 is 11.0 Å². The van der Waals surface area contributed by atoms with Gasteiger partial charge in [-0.15, -0.1) is 0 Å². The minimum absolute atomic E-state index is 0.411. The van der Waals surface area contributed by atoms with E-state index in [0.717, 1.165) is 38.9 Å². The summed E-state index contributed by atoms with van der Waals surface area (Å²) in [5.74, 6) is 0. The van der Waals surface area contributed by atoms with Crippen LogP contribution in [0.2, 0.25) is 0 Å². The van der Waals surface area contributed by atoms with E-state index >= 15 is 0 Å². The van der Waals surface area contributed by atoms with Crippen LogP contribution < -0.4 is 5.73 Å². The average molecular weight is 300 g/mol. The van der Waals surface area contributed by atoms with Crippen LogP contribution in [0.4, 0.5) is 0 Å². The van der Waals surface area contributed by atoms with Crippen LogP contribution in [0.3, 0.4) is 0 Å². The second-order valence-electron chi connectivity index (χ2n) is 5.41. The Morgan fingerprint density at radius 2 is 1.48 bits per heavy atom. The summed E-state index contributed by atoms with van der Waals surface area (Å²) in [6.45, 7) is 0.411. The number of aromatic amines is 1. The van der Waals surface area contributed by atoms with E-state index in [0.29, 0.717) is 6.54 Å². The van der Waals surface area contributed by atoms with E-state index in [1.54, 1.807) is 0 Å². The molecule has 4 heteroatoms. The highest BCUT2D eigenvalue weighted by molar-refractivity contribution is 5.96. The Labute approximate surface area is 134 Å². The smallest absolute Gasteiger partial charge is 0.118 e. The maximum Gasteiger partial charge on any atom is 0.118 e. The molecular weight excluding hydrogens is 284 g/mol. The Bertz CT molecular complexity index is 943. The SMILES string of the molecule is NCc1c(-c2ccccc2)c(-c2ccccc2)cc2n[nH]nc12. The van der Waals surface area contributed by atoms with Crippen molar-refractivity contribution in [3.63, 3.8) is 0 Å². The highest BCUT2D eigenvalue weighted by Gasteiger charge is 2.17. The van der Waals surface area contributed by atoms with E-state index in [4.69, 9.17) is 5.73 Å². The van der Waals surface area contributed by atoms with Gasteiger partial charge in [0.2, 0.25) is 0 Å². The first kappa shape index (κ1) is 13.7. The number of aromatic nitrogens is 3. The molecule has 0 atom stereocenters. The van der Waals surface area contributed by atoms with E-state index < -0.39 is 0 Å². The van der Waals surface area contributed by atoms with Crippen LogP contribution in [-0.4, -0.2) is 15.4 Å². The summed E-state index contributed by atoms with van der Waals surface area (Å²) in [5.41, 5.74) is 13.3. The van der Waals surface area contributed by atoms with E-state index in [1.165, 1.54) is 0 Å². The molecule has 1 aromatic heterocycles. The van der Waals surface area contributed by atoms with Crippen LogP contribution >= 0.6 is 0 Å². The Morgan fingerprint density at radius 1 is 0.826 bits per heavy atom. The third kappa shape index (κ3) is 2.29. The Hall–Kier alpha value is -2.98. The van der Waals surface area contributed by atoms with E-state index in [-0.39, 0.29) is 0 Å². The van der Waals surface area contributed by atoms with Crippen molar-refractivity contribution in [2.24, 2.45) is 5.73 Å². The molecule has 112 valence electrons. The van der Waals surface area contributed by atoms with E-state index in [1.807, 2.05) is 36.4 Å². The van der Waals surface area contributed by atoms with Crippen LogP contribution in [-0.2, 0) is 6.54 Å². The fourth-order valence-electron chi connectivity index (χ4n) is 3.03. The molecule has 1 heterocycles. The normalized spacial score (nSPS) is 11.0. The molecule has 4 rings (SSSR count). The predicted molar refractivity (Wildman–Crippen MR) is 92.7 cm³/mol. The van der Waals surface area contributed by atoms with Crippen molar-refractivity contribution < 1.29 is 0 Å². The molecule has 0 spiro atoms. The van der Waals surface area contributed by atoms with Crippen LogP contribution in [0.15, 0.2) is 66.7 Å². The summed E-state index contributed by atoms with van der Waals surface area (Å²) < 4.78 is 0. The van der Waals surface area contributed by atoms with Gasteiger partial charge in [0.25, 0.3) is 0 Å². The largest absolute Gasteiger partial charge is 0.326 e. The first-order chi connectivity index (χ1) is 11.4. The zero-order valence-corrected chi connectivity index (χ0v) is 12.5. The molecule has 0 aliphatic heterocycles. The molecule has 4 aromatic rings. The number of hydrogen-bond donors (Lipinski definition) is 2. The van der Waals surface area contributed by atoms with Crippen LogP contribution in [0.1, 0.15) is 5.56 Å². The summed E-state index contributed by atoms with van der Waals surface area (Å²) in [5, 5.41) is 11.3. The standard InChI is InChI=1S/C19H16N4/c20-12-16-18(14-9-5-2-6-10-14)15(13-7-3-1-4-8-13)11-17-19(16)22-23-21-17/h1-11H,12,20H2,(H,21,22,23). The molecule has 0 amide bonds. The molecule has 0 saturated heterocycles. The van der Waals surface area contributed by atoms with Gasteiger partial charge in [-0.25, -0.2) is 0 Å². The van der Waals surface area contributed by atoms with Crippen molar-refractivity contribution in [2.75, 3.05) is 0 Å². The number of benzene rings is 3. The van der Waals surface area contributed by atoms with Gasteiger partial charge in [-0.2, -0.15) is 15.4 Å². The summed E-state index contributed by atoms with van der Waals surface area (Å²) in [6.07, 6.45) is 0. The molecule has 0 saturated carbocycles. The summed E-state index contributed by atoms with van der Waals surface area (Å²) in [4.78, 5) is 0. The molecule has 0 radical (unpaired) electrons. The maximum atomic E-state index is 6.08. The van der Waals surface area contributed by atoms with E-state index in [2.05, 4.69) is 45.7 Å². The monoisotopic (exact) mass is 300 g/mol. The van der Waals surface area contributed by atoms with Gasteiger partial charge in [0, 0.05) is 12.1 Å².